The lowest BCUT2D eigenvalue weighted by atomic mass is 10.1. The zero-order valence-corrected chi connectivity index (χ0v) is 13.3. The molecule has 2 aromatic rings. The summed E-state index contributed by atoms with van der Waals surface area (Å²) in [7, 11) is 5.17. The van der Waals surface area contributed by atoms with Crippen molar-refractivity contribution in [3.63, 3.8) is 0 Å². The van der Waals surface area contributed by atoms with Crippen LogP contribution in [-0.2, 0) is 0 Å². The summed E-state index contributed by atoms with van der Waals surface area (Å²) in [5.74, 6) is 1.41. The Morgan fingerprint density at radius 1 is 1.26 bits per heavy atom. The van der Waals surface area contributed by atoms with Gasteiger partial charge in [0, 0.05) is 16.0 Å². The molecule has 1 aromatic heterocycles. The topological polar surface area (TPSA) is 43.4 Å². The van der Waals surface area contributed by atoms with Crippen LogP contribution in [-0.4, -0.2) is 26.3 Å². The molecule has 0 saturated carbocycles. The monoisotopic (exact) mass is 342 g/mol. The number of benzene rings is 1. The van der Waals surface area contributed by atoms with E-state index in [0.717, 1.165) is 15.0 Å². The van der Waals surface area contributed by atoms with E-state index in [1.54, 1.807) is 31.8 Å². The predicted molar refractivity (Wildman–Crippen MR) is 80.3 cm³/mol. The van der Waals surface area contributed by atoms with Crippen molar-refractivity contribution in [1.29, 1.82) is 0 Å². The molecule has 0 spiro atoms. The minimum Gasteiger partial charge on any atom is -0.493 e. The van der Waals surface area contributed by atoms with Gasteiger partial charge in [-0.15, -0.1) is 11.3 Å². The highest BCUT2D eigenvalue weighted by Gasteiger charge is 2.20. The van der Waals surface area contributed by atoms with E-state index < -0.39 is 0 Å². The number of aromatic nitrogens is 1. The van der Waals surface area contributed by atoms with Crippen LogP contribution in [0.2, 0.25) is 0 Å². The first-order chi connectivity index (χ1) is 9.21. The first kappa shape index (κ1) is 14.3. The molecule has 102 valence electrons. The Labute approximate surface area is 124 Å². The van der Waals surface area contributed by atoms with E-state index >= 15 is 0 Å². The van der Waals surface area contributed by atoms with Crippen molar-refractivity contribution in [2.75, 3.05) is 21.3 Å². The van der Waals surface area contributed by atoms with Crippen molar-refractivity contribution in [2.45, 2.75) is 6.04 Å². The summed E-state index contributed by atoms with van der Waals surface area (Å²) in [6, 6.07) is 3.90. The molecule has 0 aliphatic rings. The molecule has 0 saturated heterocycles. The molecule has 4 nitrogen and oxygen atoms in total. The van der Waals surface area contributed by atoms with Crippen LogP contribution in [0.3, 0.4) is 0 Å². The third kappa shape index (κ3) is 2.91. The lowest BCUT2D eigenvalue weighted by molar-refractivity contribution is 0.354. The first-order valence-corrected chi connectivity index (χ1v) is 7.36. The van der Waals surface area contributed by atoms with Crippen molar-refractivity contribution < 1.29 is 9.47 Å². The maximum Gasteiger partial charge on any atom is 0.161 e. The second kappa shape index (κ2) is 6.36. The second-order valence-corrected chi connectivity index (χ2v) is 5.60. The molecular formula is C13H15BrN2O2S. The molecular weight excluding hydrogens is 328 g/mol. The number of nitrogens with zero attached hydrogens (tertiary/aromatic N) is 1. The smallest absolute Gasteiger partial charge is 0.161 e. The summed E-state index contributed by atoms with van der Waals surface area (Å²) in [5.41, 5.74) is 1.06. The van der Waals surface area contributed by atoms with Crippen LogP contribution < -0.4 is 14.8 Å². The molecule has 2 rings (SSSR count). The van der Waals surface area contributed by atoms with Gasteiger partial charge in [-0.25, -0.2) is 4.98 Å². The summed E-state index contributed by atoms with van der Waals surface area (Å²) in [4.78, 5) is 4.37. The summed E-state index contributed by atoms with van der Waals surface area (Å²) >= 11 is 5.20. The third-order valence-corrected chi connectivity index (χ3v) is 4.33. The zero-order chi connectivity index (χ0) is 13.8. The lowest BCUT2D eigenvalue weighted by Gasteiger charge is -2.18. The average Bonchev–Trinajstić information content (AvgIpc) is 2.94. The lowest BCUT2D eigenvalue weighted by Crippen LogP contribution is -2.18. The van der Waals surface area contributed by atoms with E-state index in [1.807, 2.05) is 24.6 Å². The fraction of sp³-hybridized carbons (Fsp3) is 0.308. The Morgan fingerprint density at radius 3 is 2.47 bits per heavy atom. The third-order valence-electron chi connectivity index (χ3n) is 2.80. The van der Waals surface area contributed by atoms with E-state index in [-0.39, 0.29) is 6.04 Å². The maximum absolute atomic E-state index is 5.35. The molecule has 19 heavy (non-hydrogen) atoms. The van der Waals surface area contributed by atoms with Crippen LogP contribution in [0.4, 0.5) is 0 Å². The van der Waals surface area contributed by atoms with Crippen molar-refractivity contribution in [3.05, 3.63) is 38.8 Å². The quantitative estimate of drug-likeness (QED) is 0.905. The molecule has 0 bridgehead atoms. The van der Waals surface area contributed by atoms with Crippen LogP contribution in [0.15, 0.2) is 28.2 Å². The van der Waals surface area contributed by atoms with E-state index in [9.17, 15) is 0 Å². The Bertz CT molecular complexity index is 546. The van der Waals surface area contributed by atoms with Crippen molar-refractivity contribution >= 4 is 27.3 Å². The molecule has 0 aliphatic carbocycles. The molecule has 1 atom stereocenters. The zero-order valence-electron chi connectivity index (χ0n) is 10.9. The van der Waals surface area contributed by atoms with E-state index in [1.165, 1.54) is 0 Å². The van der Waals surface area contributed by atoms with Crippen LogP contribution >= 0.6 is 27.3 Å². The van der Waals surface area contributed by atoms with E-state index in [0.29, 0.717) is 11.5 Å². The van der Waals surface area contributed by atoms with Gasteiger partial charge in [-0.3, -0.25) is 0 Å². The summed E-state index contributed by atoms with van der Waals surface area (Å²) in [6.07, 6.45) is 1.80. The second-order valence-electron chi connectivity index (χ2n) is 3.82. The first-order valence-electron chi connectivity index (χ1n) is 5.69. The van der Waals surface area contributed by atoms with Gasteiger partial charge in [0.05, 0.1) is 20.3 Å². The molecule has 6 heteroatoms. The molecule has 0 radical (unpaired) electrons. The van der Waals surface area contributed by atoms with Crippen LogP contribution in [0.1, 0.15) is 16.6 Å². The predicted octanol–water partition coefficient (Wildman–Crippen LogP) is 3.23. The average molecular weight is 343 g/mol. The van der Waals surface area contributed by atoms with Gasteiger partial charge in [0.15, 0.2) is 11.5 Å². The highest BCUT2D eigenvalue weighted by Crippen LogP contribution is 2.38. The van der Waals surface area contributed by atoms with Crippen LogP contribution in [0, 0.1) is 0 Å². The highest BCUT2D eigenvalue weighted by molar-refractivity contribution is 9.10. The van der Waals surface area contributed by atoms with Crippen molar-refractivity contribution in [3.8, 4) is 11.5 Å². The Hall–Kier alpha value is -1.11. The molecule has 1 unspecified atom stereocenters. The highest BCUT2D eigenvalue weighted by atomic mass is 79.9. The molecule has 1 N–H and O–H groups in total. The van der Waals surface area contributed by atoms with Gasteiger partial charge in [-0.05, 0) is 24.7 Å². The molecule has 1 heterocycles. The fourth-order valence-electron chi connectivity index (χ4n) is 1.88. The summed E-state index contributed by atoms with van der Waals surface area (Å²) < 4.78 is 11.6. The summed E-state index contributed by atoms with van der Waals surface area (Å²) in [6.45, 7) is 0. The Balaban J connectivity index is 2.48. The van der Waals surface area contributed by atoms with Gasteiger partial charge < -0.3 is 14.8 Å². The molecule has 1 aromatic carbocycles. The van der Waals surface area contributed by atoms with Crippen LogP contribution in [0.5, 0.6) is 11.5 Å². The van der Waals surface area contributed by atoms with Gasteiger partial charge in [-0.2, -0.15) is 0 Å². The van der Waals surface area contributed by atoms with Crippen molar-refractivity contribution in [2.24, 2.45) is 0 Å². The normalized spacial score (nSPS) is 12.2. The Kier molecular flexibility index (Phi) is 4.79. The number of hydrogen-bond donors (Lipinski definition) is 1. The van der Waals surface area contributed by atoms with Gasteiger partial charge in [0.1, 0.15) is 5.01 Å². The number of thiazole rings is 1. The van der Waals surface area contributed by atoms with Gasteiger partial charge >= 0.3 is 0 Å². The number of hydrogen-bond acceptors (Lipinski definition) is 5. The number of methoxy groups -OCH3 is 2. The van der Waals surface area contributed by atoms with Gasteiger partial charge in [-0.1, -0.05) is 15.9 Å². The molecule has 0 amide bonds. The SMILES string of the molecule is CNC(c1nccs1)c1cc(OC)c(OC)cc1Br. The summed E-state index contributed by atoms with van der Waals surface area (Å²) in [5, 5.41) is 6.25. The maximum atomic E-state index is 5.35. The van der Waals surface area contributed by atoms with Gasteiger partial charge in [0.2, 0.25) is 0 Å². The molecule has 0 aliphatic heterocycles. The van der Waals surface area contributed by atoms with Gasteiger partial charge in [0.25, 0.3) is 0 Å². The fourth-order valence-corrected chi connectivity index (χ4v) is 3.20. The number of nitrogens with one attached hydrogen (secondary N) is 1. The standard InChI is InChI=1S/C13H15BrN2O2S/c1-15-12(13-16-4-5-19-13)8-6-10(17-2)11(18-3)7-9(8)14/h4-7,12,15H,1-3H3. The van der Waals surface area contributed by atoms with E-state index in [2.05, 4.69) is 26.2 Å². The number of halogens is 1. The minimum absolute atomic E-state index is 0.0224. The van der Waals surface area contributed by atoms with E-state index in [4.69, 9.17) is 9.47 Å². The minimum atomic E-state index is 0.0224. The Morgan fingerprint density at radius 2 is 1.95 bits per heavy atom. The number of ether oxygens (including phenoxy) is 2. The number of rotatable bonds is 5. The van der Waals surface area contributed by atoms with Crippen molar-refractivity contribution in [1.82, 2.24) is 10.3 Å². The molecule has 0 fully saturated rings. The largest absolute Gasteiger partial charge is 0.493 e. The van der Waals surface area contributed by atoms with Crippen LogP contribution in [0.25, 0.3) is 0 Å².